The molecule has 0 amide bonds. The van der Waals surface area contributed by atoms with Crippen LogP contribution in [-0.4, -0.2) is 0 Å². The summed E-state index contributed by atoms with van der Waals surface area (Å²) in [5.41, 5.74) is 1.68. The number of hydrogen-bond acceptors (Lipinski definition) is 0. The lowest BCUT2D eigenvalue weighted by molar-refractivity contribution is 0.621. The maximum atomic E-state index is 13.4. The Kier molecular flexibility index (Phi) is 3.72. The third-order valence-electron chi connectivity index (χ3n) is 2.18. The predicted octanol–water partition coefficient (Wildman–Crippen LogP) is 5.40. The van der Waals surface area contributed by atoms with Gasteiger partial charge >= 0.3 is 0 Å². The molecule has 0 bridgehead atoms. The minimum atomic E-state index is -0.232. The molecule has 0 nitrogen and oxygen atoms in total. The minimum absolute atomic E-state index is 0.232. The third kappa shape index (κ3) is 2.34. The highest BCUT2D eigenvalue weighted by Crippen LogP contribution is 2.31. The highest BCUT2D eigenvalue weighted by molar-refractivity contribution is 14.1. The highest BCUT2D eigenvalue weighted by atomic mass is 127. The first-order valence-corrected chi connectivity index (χ1v) is 6.32. The number of hydrogen-bond donors (Lipinski definition) is 0. The monoisotopic (exact) mass is 366 g/mol. The van der Waals surface area contributed by atoms with Crippen molar-refractivity contribution < 1.29 is 4.39 Å². The Morgan fingerprint density at radius 3 is 2.44 bits per heavy atom. The molecule has 0 saturated heterocycles. The summed E-state index contributed by atoms with van der Waals surface area (Å²) in [7, 11) is 0. The van der Waals surface area contributed by atoms with E-state index >= 15 is 0 Å². The molecule has 4 heteroatoms. The molecule has 0 N–H and O–H groups in total. The number of benzene rings is 2. The van der Waals surface area contributed by atoms with Crippen molar-refractivity contribution in [2.75, 3.05) is 0 Å². The lowest BCUT2D eigenvalue weighted by Crippen LogP contribution is -1.87. The van der Waals surface area contributed by atoms with Gasteiger partial charge in [-0.05, 0) is 51.9 Å². The van der Waals surface area contributed by atoms with Gasteiger partial charge in [0.25, 0.3) is 0 Å². The molecule has 0 unspecified atom stereocenters. The van der Waals surface area contributed by atoms with Gasteiger partial charge in [0.2, 0.25) is 0 Å². The van der Waals surface area contributed by atoms with Crippen molar-refractivity contribution in [3.63, 3.8) is 0 Å². The van der Waals surface area contributed by atoms with Crippen LogP contribution in [0.4, 0.5) is 4.39 Å². The summed E-state index contributed by atoms with van der Waals surface area (Å²) in [5, 5.41) is 0.969. The molecule has 0 aliphatic rings. The Bertz CT molecular complexity index is 541. The number of halogens is 4. The van der Waals surface area contributed by atoms with Crippen LogP contribution in [0.25, 0.3) is 11.1 Å². The fourth-order valence-corrected chi connectivity index (χ4v) is 2.36. The third-order valence-corrected chi connectivity index (χ3v) is 4.02. The van der Waals surface area contributed by atoms with Gasteiger partial charge in [-0.1, -0.05) is 41.4 Å². The van der Waals surface area contributed by atoms with Gasteiger partial charge in [-0.3, -0.25) is 0 Å². The molecule has 0 aromatic heterocycles. The van der Waals surface area contributed by atoms with Gasteiger partial charge < -0.3 is 0 Å². The quantitative estimate of drug-likeness (QED) is 0.592. The average Bonchev–Trinajstić information content (AvgIpc) is 2.26. The molecular weight excluding hydrogens is 361 g/mol. The van der Waals surface area contributed by atoms with Crippen molar-refractivity contribution in [2.24, 2.45) is 0 Å². The van der Waals surface area contributed by atoms with Crippen molar-refractivity contribution in [1.82, 2.24) is 0 Å². The molecule has 0 saturated carbocycles. The summed E-state index contributed by atoms with van der Waals surface area (Å²) in [6.07, 6.45) is 0. The van der Waals surface area contributed by atoms with Gasteiger partial charge in [-0.2, -0.15) is 0 Å². The van der Waals surface area contributed by atoms with E-state index in [1.807, 2.05) is 34.7 Å². The summed E-state index contributed by atoms with van der Waals surface area (Å²) < 4.78 is 14.0. The van der Waals surface area contributed by atoms with E-state index in [9.17, 15) is 4.39 Å². The van der Waals surface area contributed by atoms with E-state index in [0.29, 0.717) is 13.6 Å². The van der Waals surface area contributed by atoms with E-state index in [0.717, 1.165) is 11.1 Å². The van der Waals surface area contributed by atoms with Crippen molar-refractivity contribution in [1.29, 1.82) is 0 Å². The second-order valence-electron chi connectivity index (χ2n) is 3.23. The predicted molar refractivity (Wildman–Crippen MR) is 74.6 cm³/mol. The lowest BCUT2D eigenvalue weighted by Gasteiger charge is -2.06. The van der Waals surface area contributed by atoms with Gasteiger partial charge in [0.05, 0.1) is 13.6 Å². The summed E-state index contributed by atoms with van der Waals surface area (Å²) in [5.74, 6) is -0.232. The molecule has 2 aromatic carbocycles. The van der Waals surface area contributed by atoms with E-state index < -0.39 is 0 Å². The van der Waals surface area contributed by atoms with Crippen LogP contribution >= 0.6 is 45.8 Å². The molecular formula is C12H6Cl2FI. The summed E-state index contributed by atoms with van der Waals surface area (Å²) in [6.45, 7) is 0. The molecule has 16 heavy (non-hydrogen) atoms. The standard InChI is InChI=1S/C12H6Cl2FI/c13-9-5-4-7(6-10(9)14)8-2-1-3-11(15)12(8)16/h1-6H. The summed E-state index contributed by atoms with van der Waals surface area (Å²) >= 11 is 13.7. The lowest BCUT2D eigenvalue weighted by atomic mass is 10.1. The van der Waals surface area contributed by atoms with E-state index in [1.54, 1.807) is 18.2 Å². The smallest absolute Gasteiger partial charge is 0.137 e. The van der Waals surface area contributed by atoms with Gasteiger partial charge in [-0.25, -0.2) is 4.39 Å². The largest absolute Gasteiger partial charge is 0.206 e. The Balaban J connectivity index is 2.59. The van der Waals surface area contributed by atoms with Gasteiger partial charge in [0.1, 0.15) is 5.82 Å². The topological polar surface area (TPSA) is 0 Å². The maximum absolute atomic E-state index is 13.4. The molecule has 82 valence electrons. The minimum Gasteiger partial charge on any atom is -0.206 e. The first-order chi connectivity index (χ1) is 7.59. The van der Waals surface area contributed by atoms with E-state index in [4.69, 9.17) is 23.2 Å². The fraction of sp³-hybridized carbons (Fsp3) is 0. The van der Waals surface area contributed by atoms with Crippen LogP contribution in [0.2, 0.25) is 10.0 Å². The molecule has 0 fully saturated rings. The first-order valence-electron chi connectivity index (χ1n) is 4.49. The fourth-order valence-electron chi connectivity index (χ4n) is 1.39. The normalized spacial score (nSPS) is 10.5. The van der Waals surface area contributed by atoms with Crippen LogP contribution < -0.4 is 0 Å². The van der Waals surface area contributed by atoms with Crippen molar-refractivity contribution in [2.45, 2.75) is 0 Å². The van der Waals surface area contributed by atoms with Crippen LogP contribution in [-0.2, 0) is 0 Å². The van der Waals surface area contributed by atoms with Gasteiger partial charge in [-0.15, -0.1) is 0 Å². The number of rotatable bonds is 1. The van der Waals surface area contributed by atoms with E-state index in [-0.39, 0.29) is 5.82 Å². The van der Waals surface area contributed by atoms with Crippen LogP contribution in [0, 0.1) is 9.39 Å². The Morgan fingerprint density at radius 2 is 1.75 bits per heavy atom. The van der Waals surface area contributed by atoms with Crippen LogP contribution in [0.5, 0.6) is 0 Å². The Labute approximate surface area is 117 Å². The molecule has 0 radical (unpaired) electrons. The van der Waals surface area contributed by atoms with Gasteiger partial charge in [0, 0.05) is 0 Å². The molecule has 0 spiro atoms. The molecule has 2 rings (SSSR count). The molecule has 0 aliphatic heterocycles. The zero-order chi connectivity index (χ0) is 11.7. The SMILES string of the molecule is Fc1cccc(-c2ccc(Cl)c(Cl)c2)c1I. The zero-order valence-corrected chi connectivity index (χ0v) is 11.6. The van der Waals surface area contributed by atoms with E-state index in [1.165, 1.54) is 6.07 Å². The zero-order valence-electron chi connectivity index (χ0n) is 7.98. The second-order valence-corrected chi connectivity index (χ2v) is 5.12. The first kappa shape index (κ1) is 12.1. The molecule has 0 atom stereocenters. The van der Waals surface area contributed by atoms with Crippen molar-refractivity contribution in [3.05, 3.63) is 55.8 Å². The van der Waals surface area contributed by atoms with Gasteiger partial charge in [0.15, 0.2) is 0 Å². The van der Waals surface area contributed by atoms with Crippen molar-refractivity contribution >= 4 is 45.8 Å². The highest BCUT2D eigenvalue weighted by Gasteiger charge is 2.08. The maximum Gasteiger partial charge on any atom is 0.137 e. The van der Waals surface area contributed by atoms with E-state index in [2.05, 4.69) is 0 Å². The van der Waals surface area contributed by atoms with Crippen LogP contribution in [0.15, 0.2) is 36.4 Å². The molecule has 0 aliphatic carbocycles. The second kappa shape index (κ2) is 4.90. The Hall–Kier alpha value is -0.320. The van der Waals surface area contributed by atoms with Crippen LogP contribution in [0.3, 0.4) is 0 Å². The summed E-state index contributed by atoms with van der Waals surface area (Å²) in [6, 6.07) is 10.2. The molecule has 2 aromatic rings. The Morgan fingerprint density at radius 1 is 1.00 bits per heavy atom. The molecule has 0 heterocycles. The van der Waals surface area contributed by atoms with Crippen LogP contribution in [0.1, 0.15) is 0 Å². The summed E-state index contributed by atoms with van der Waals surface area (Å²) in [4.78, 5) is 0. The average molecular weight is 367 g/mol. The van der Waals surface area contributed by atoms with Crippen molar-refractivity contribution in [3.8, 4) is 11.1 Å².